The van der Waals surface area contributed by atoms with E-state index in [1.807, 2.05) is 18.3 Å². The molecule has 3 nitrogen and oxygen atoms in total. The van der Waals surface area contributed by atoms with E-state index in [0.29, 0.717) is 11.8 Å². The molecule has 1 aromatic carbocycles. The van der Waals surface area contributed by atoms with Crippen molar-refractivity contribution < 1.29 is 4.79 Å². The summed E-state index contributed by atoms with van der Waals surface area (Å²) in [7, 11) is 0. The van der Waals surface area contributed by atoms with Gasteiger partial charge in [0.15, 0.2) is 0 Å². The molecule has 1 aliphatic heterocycles. The maximum Gasteiger partial charge on any atom is 0.276 e. The first-order chi connectivity index (χ1) is 15.2. The Morgan fingerprint density at radius 3 is 2.19 bits per heavy atom. The van der Waals surface area contributed by atoms with Crippen molar-refractivity contribution in [1.82, 2.24) is 4.90 Å². The normalized spacial score (nSPS) is 23.9. The van der Waals surface area contributed by atoms with Crippen LogP contribution in [-0.4, -0.2) is 36.2 Å². The molecule has 4 rings (SSSR count). The third kappa shape index (κ3) is 6.51. The summed E-state index contributed by atoms with van der Waals surface area (Å²) >= 11 is 0. The van der Waals surface area contributed by atoms with E-state index in [0.717, 1.165) is 23.9 Å². The fraction of sp³-hybridized carbons (Fsp3) is 0.714. The average molecular weight is 423 g/mol. The highest BCUT2D eigenvalue weighted by molar-refractivity contribution is 5.99. The number of rotatable bonds is 6. The Morgan fingerprint density at radius 1 is 0.935 bits per heavy atom. The molecular weight excluding hydrogens is 380 g/mol. The lowest BCUT2D eigenvalue weighted by Gasteiger charge is -2.39. The van der Waals surface area contributed by atoms with Crippen LogP contribution in [0, 0.1) is 17.8 Å². The van der Waals surface area contributed by atoms with Crippen molar-refractivity contribution in [2.45, 2.75) is 96.4 Å². The monoisotopic (exact) mass is 422 g/mol. The van der Waals surface area contributed by atoms with Gasteiger partial charge in [0, 0.05) is 17.8 Å². The molecule has 2 aliphatic carbocycles. The molecule has 0 N–H and O–H groups in total. The van der Waals surface area contributed by atoms with Gasteiger partial charge >= 0.3 is 0 Å². The van der Waals surface area contributed by atoms with Crippen LogP contribution < -0.4 is 0 Å². The number of aliphatic imine (C=N–C) groups is 1. The highest BCUT2D eigenvalue weighted by atomic mass is 16.1. The Bertz CT molecular complexity index is 705. The second-order valence-corrected chi connectivity index (χ2v) is 10.5. The van der Waals surface area contributed by atoms with Crippen molar-refractivity contribution in [1.29, 1.82) is 0 Å². The Balaban J connectivity index is 1.22. The molecule has 2 saturated carbocycles. The number of hydrogen-bond acceptors (Lipinski definition) is 2. The summed E-state index contributed by atoms with van der Waals surface area (Å²) < 4.78 is 0. The first-order valence-electron chi connectivity index (χ1n) is 13.1. The van der Waals surface area contributed by atoms with Crippen LogP contribution in [0.1, 0.15) is 99.9 Å². The molecule has 0 radical (unpaired) electrons. The minimum absolute atomic E-state index is 0.0880. The maximum atomic E-state index is 12.5. The largest absolute Gasteiger partial charge is 0.300 e. The molecule has 0 aromatic heterocycles. The number of likely N-dealkylation sites (tertiary alicyclic amines) is 1. The molecule has 0 spiro atoms. The van der Waals surface area contributed by atoms with Crippen molar-refractivity contribution in [3.8, 4) is 0 Å². The van der Waals surface area contributed by atoms with Crippen LogP contribution >= 0.6 is 0 Å². The summed E-state index contributed by atoms with van der Waals surface area (Å²) in [5.74, 6) is 1.81. The minimum atomic E-state index is -0.0880. The standard InChI is InChI=1S/C28H42N2O/c1-22(25-8-4-2-5-9-25)21-29-28(31)26-14-12-23(13-15-26)20-24-16-18-30(19-17-24)27-10-6-3-7-11-27/h12-15,21-22,24-25,27H,2-11,16-20H2,1H3. The molecule has 1 amide bonds. The van der Waals surface area contributed by atoms with E-state index >= 15 is 0 Å². The van der Waals surface area contributed by atoms with Crippen LogP contribution in [0.4, 0.5) is 0 Å². The van der Waals surface area contributed by atoms with Crippen LogP contribution in [0.25, 0.3) is 0 Å². The van der Waals surface area contributed by atoms with E-state index in [-0.39, 0.29) is 5.91 Å². The van der Waals surface area contributed by atoms with Crippen molar-refractivity contribution in [2.75, 3.05) is 13.1 Å². The molecule has 1 heterocycles. The van der Waals surface area contributed by atoms with E-state index in [1.54, 1.807) is 0 Å². The molecule has 0 bridgehead atoms. The fourth-order valence-electron chi connectivity index (χ4n) is 6.13. The second kappa shape index (κ2) is 11.4. The summed E-state index contributed by atoms with van der Waals surface area (Å²) in [4.78, 5) is 19.6. The predicted octanol–water partition coefficient (Wildman–Crippen LogP) is 6.70. The molecule has 3 heteroatoms. The van der Waals surface area contributed by atoms with E-state index in [9.17, 15) is 4.79 Å². The summed E-state index contributed by atoms with van der Waals surface area (Å²) in [6.07, 6.45) is 19.4. The van der Waals surface area contributed by atoms with Crippen LogP contribution in [0.15, 0.2) is 29.3 Å². The molecule has 1 saturated heterocycles. The van der Waals surface area contributed by atoms with Crippen LogP contribution in [0.3, 0.4) is 0 Å². The van der Waals surface area contributed by atoms with Crippen molar-refractivity contribution in [2.24, 2.45) is 22.7 Å². The highest BCUT2D eigenvalue weighted by Gasteiger charge is 2.26. The van der Waals surface area contributed by atoms with Gasteiger partial charge in [-0.2, -0.15) is 0 Å². The Morgan fingerprint density at radius 2 is 1.55 bits per heavy atom. The molecule has 1 atom stereocenters. The molecule has 1 aromatic rings. The number of carbonyl (C=O) groups is 1. The zero-order chi connectivity index (χ0) is 21.5. The minimum Gasteiger partial charge on any atom is -0.300 e. The Labute approximate surface area is 189 Å². The van der Waals surface area contributed by atoms with Crippen molar-refractivity contribution in [3.63, 3.8) is 0 Å². The van der Waals surface area contributed by atoms with Gasteiger partial charge in [-0.15, -0.1) is 0 Å². The van der Waals surface area contributed by atoms with Crippen LogP contribution in [0.2, 0.25) is 0 Å². The van der Waals surface area contributed by atoms with E-state index in [1.165, 1.54) is 95.7 Å². The molecule has 3 fully saturated rings. The average Bonchev–Trinajstić information content (AvgIpc) is 2.84. The third-order valence-corrected chi connectivity index (χ3v) is 8.29. The SMILES string of the molecule is CC(C=NC(=O)c1ccc(CC2CCN(C3CCCCC3)CC2)cc1)C1CCCCC1. The number of benzene rings is 1. The van der Waals surface area contributed by atoms with Crippen LogP contribution in [-0.2, 0) is 6.42 Å². The van der Waals surface area contributed by atoms with E-state index < -0.39 is 0 Å². The zero-order valence-electron chi connectivity index (χ0n) is 19.6. The van der Waals surface area contributed by atoms with Gasteiger partial charge in [-0.3, -0.25) is 4.79 Å². The van der Waals surface area contributed by atoms with Gasteiger partial charge in [0.05, 0.1) is 0 Å². The second-order valence-electron chi connectivity index (χ2n) is 10.5. The molecule has 170 valence electrons. The number of hydrogen-bond donors (Lipinski definition) is 0. The number of carbonyl (C=O) groups excluding carboxylic acids is 1. The molecular formula is C28H42N2O. The smallest absolute Gasteiger partial charge is 0.276 e. The van der Waals surface area contributed by atoms with Crippen LogP contribution in [0.5, 0.6) is 0 Å². The fourth-order valence-corrected chi connectivity index (χ4v) is 6.13. The summed E-state index contributed by atoms with van der Waals surface area (Å²) in [6.45, 7) is 4.77. The lowest BCUT2D eigenvalue weighted by atomic mass is 9.81. The third-order valence-electron chi connectivity index (χ3n) is 8.29. The summed E-state index contributed by atoms with van der Waals surface area (Å²) in [5.41, 5.74) is 2.09. The highest BCUT2D eigenvalue weighted by Crippen LogP contribution is 2.30. The number of piperidine rings is 1. The van der Waals surface area contributed by atoms with Crippen molar-refractivity contribution >= 4 is 12.1 Å². The van der Waals surface area contributed by atoms with Gasteiger partial charge < -0.3 is 4.90 Å². The lowest BCUT2D eigenvalue weighted by Crippen LogP contribution is -2.42. The number of nitrogens with zero attached hydrogens (tertiary/aromatic N) is 2. The molecule has 3 aliphatic rings. The number of amides is 1. The Hall–Kier alpha value is -1.48. The quantitative estimate of drug-likeness (QED) is 0.478. The van der Waals surface area contributed by atoms with Gasteiger partial charge in [-0.05, 0) is 93.5 Å². The summed E-state index contributed by atoms with van der Waals surface area (Å²) in [6, 6.07) is 9.14. The first-order valence-corrected chi connectivity index (χ1v) is 13.1. The molecule has 31 heavy (non-hydrogen) atoms. The van der Waals surface area contributed by atoms with Gasteiger partial charge in [0.2, 0.25) is 0 Å². The van der Waals surface area contributed by atoms with Gasteiger partial charge in [-0.25, -0.2) is 4.99 Å². The topological polar surface area (TPSA) is 32.7 Å². The first kappa shape index (κ1) is 22.7. The van der Waals surface area contributed by atoms with E-state index in [4.69, 9.17) is 0 Å². The van der Waals surface area contributed by atoms with Crippen molar-refractivity contribution in [3.05, 3.63) is 35.4 Å². The predicted molar refractivity (Wildman–Crippen MR) is 130 cm³/mol. The maximum absolute atomic E-state index is 12.5. The lowest BCUT2D eigenvalue weighted by molar-refractivity contribution is 0.100. The van der Waals surface area contributed by atoms with Gasteiger partial charge in [-0.1, -0.05) is 57.6 Å². The van der Waals surface area contributed by atoms with Gasteiger partial charge in [0.1, 0.15) is 0 Å². The van der Waals surface area contributed by atoms with E-state index in [2.05, 4.69) is 28.9 Å². The Kier molecular flexibility index (Phi) is 8.35. The molecule has 1 unspecified atom stereocenters. The summed E-state index contributed by atoms with van der Waals surface area (Å²) in [5, 5.41) is 0. The van der Waals surface area contributed by atoms with Gasteiger partial charge in [0.25, 0.3) is 5.91 Å². The zero-order valence-corrected chi connectivity index (χ0v) is 19.6.